The first kappa shape index (κ1) is 15.6. The number of rotatable bonds is 3. The minimum Gasteiger partial charge on any atom is -0.444 e. The highest BCUT2D eigenvalue weighted by atomic mass is 35.5. The average Bonchev–Trinajstić information content (AvgIpc) is 2.28. The number of alkyl halides is 1. The third-order valence-electron chi connectivity index (χ3n) is 2.43. The van der Waals surface area contributed by atoms with Gasteiger partial charge in [-0.05, 0) is 56.5 Å². The lowest BCUT2D eigenvalue weighted by Gasteiger charge is -2.20. The van der Waals surface area contributed by atoms with Crippen molar-refractivity contribution < 1.29 is 9.53 Å². The van der Waals surface area contributed by atoms with Crippen molar-refractivity contribution in [2.24, 2.45) is 0 Å². The molecule has 3 nitrogen and oxygen atoms in total. The molecule has 0 heterocycles. The molecular weight excluding hydrogens is 262 g/mol. The standard InChI is InChI=1S/C15H20ClNO2/c1-10-8-12(11(2)9-16)6-7-13(10)17-14(18)19-15(3,4)5/h6-8H,2,9H2,1,3-5H3,(H,17,18). The van der Waals surface area contributed by atoms with Crippen molar-refractivity contribution in [1.29, 1.82) is 0 Å². The predicted molar refractivity (Wildman–Crippen MR) is 80.8 cm³/mol. The van der Waals surface area contributed by atoms with Crippen molar-refractivity contribution >= 4 is 29.0 Å². The Morgan fingerprint density at radius 3 is 2.53 bits per heavy atom. The van der Waals surface area contributed by atoms with E-state index in [0.717, 1.165) is 22.4 Å². The number of ether oxygens (including phenoxy) is 1. The number of amides is 1. The molecule has 0 aromatic heterocycles. The number of allylic oxidation sites excluding steroid dienone is 1. The van der Waals surface area contributed by atoms with Crippen molar-refractivity contribution in [3.05, 3.63) is 35.9 Å². The number of anilines is 1. The monoisotopic (exact) mass is 281 g/mol. The highest BCUT2D eigenvalue weighted by Gasteiger charge is 2.16. The lowest BCUT2D eigenvalue weighted by atomic mass is 10.0. The molecular formula is C15H20ClNO2. The minimum absolute atomic E-state index is 0.387. The molecule has 19 heavy (non-hydrogen) atoms. The van der Waals surface area contributed by atoms with Crippen LogP contribution in [-0.2, 0) is 4.74 Å². The van der Waals surface area contributed by atoms with Gasteiger partial charge >= 0.3 is 6.09 Å². The molecule has 0 radical (unpaired) electrons. The Morgan fingerprint density at radius 1 is 1.42 bits per heavy atom. The molecule has 0 saturated heterocycles. The molecule has 1 rings (SSSR count). The summed E-state index contributed by atoms with van der Waals surface area (Å²) in [5, 5.41) is 2.73. The van der Waals surface area contributed by atoms with E-state index >= 15 is 0 Å². The summed E-state index contributed by atoms with van der Waals surface area (Å²) < 4.78 is 5.21. The lowest BCUT2D eigenvalue weighted by molar-refractivity contribution is 0.0636. The normalized spacial score (nSPS) is 11.0. The number of carbonyl (C=O) groups excluding carboxylic acids is 1. The number of nitrogens with one attached hydrogen (secondary N) is 1. The Bertz CT molecular complexity index is 489. The molecule has 0 aliphatic rings. The molecule has 0 unspecified atom stereocenters. The van der Waals surface area contributed by atoms with Crippen LogP contribution in [0.2, 0.25) is 0 Å². The van der Waals surface area contributed by atoms with Gasteiger partial charge in [0.25, 0.3) is 0 Å². The fraction of sp³-hybridized carbons (Fsp3) is 0.400. The first-order valence-corrected chi connectivity index (χ1v) is 6.61. The summed E-state index contributed by atoms with van der Waals surface area (Å²) in [4.78, 5) is 11.7. The van der Waals surface area contributed by atoms with Gasteiger partial charge in [0.1, 0.15) is 5.60 Å². The van der Waals surface area contributed by atoms with Crippen LogP contribution in [0.5, 0.6) is 0 Å². The third-order valence-corrected chi connectivity index (χ3v) is 2.75. The van der Waals surface area contributed by atoms with Crippen molar-refractivity contribution in [2.75, 3.05) is 11.2 Å². The van der Waals surface area contributed by atoms with E-state index in [-0.39, 0.29) is 0 Å². The number of halogens is 1. The van der Waals surface area contributed by atoms with E-state index in [1.54, 1.807) is 0 Å². The zero-order valence-electron chi connectivity index (χ0n) is 11.8. The minimum atomic E-state index is -0.509. The van der Waals surface area contributed by atoms with Gasteiger partial charge in [-0.3, -0.25) is 5.32 Å². The number of aryl methyl sites for hydroxylation is 1. The number of hydrogen-bond donors (Lipinski definition) is 1. The average molecular weight is 282 g/mol. The fourth-order valence-corrected chi connectivity index (χ4v) is 1.67. The third kappa shape index (κ3) is 4.95. The highest BCUT2D eigenvalue weighted by Crippen LogP contribution is 2.22. The summed E-state index contributed by atoms with van der Waals surface area (Å²) in [5.41, 5.74) is 2.98. The molecule has 104 valence electrons. The van der Waals surface area contributed by atoms with E-state index < -0.39 is 11.7 Å². The molecule has 0 spiro atoms. The van der Waals surface area contributed by atoms with E-state index in [0.29, 0.717) is 5.88 Å². The predicted octanol–water partition coefficient (Wildman–Crippen LogP) is 4.59. The van der Waals surface area contributed by atoms with Gasteiger partial charge < -0.3 is 4.74 Å². The smallest absolute Gasteiger partial charge is 0.412 e. The molecule has 0 atom stereocenters. The van der Waals surface area contributed by atoms with Crippen LogP contribution in [0, 0.1) is 6.92 Å². The summed E-state index contributed by atoms with van der Waals surface area (Å²) in [6.45, 7) is 11.3. The van der Waals surface area contributed by atoms with Crippen LogP contribution >= 0.6 is 11.6 Å². The first-order valence-electron chi connectivity index (χ1n) is 6.07. The molecule has 0 bridgehead atoms. The van der Waals surface area contributed by atoms with Crippen molar-refractivity contribution in [3.63, 3.8) is 0 Å². The summed E-state index contributed by atoms with van der Waals surface area (Å²) in [7, 11) is 0. The maximum absolute atomic E-state index is 11.7. The topological polar surface area (TPSA) is 38.3 Å². The number of carbonyl (C=O) groups is 1. The van der Waals surface area contributed by atoms with E-state index in [4.69, 9.17) is 16.3 Å². The fourth-order valence-electron chi connectivity index (χ4n) is 1.51. The van der Waals surface area contributed by atoms with Gasteiger partial charge in [-0.15, -0.1) is 11.6 Å². The zero-order chi connectivity index (χ0) is 14.6. The van der Waals surface area contributed by atoms with Crippen LogP contribution in [0.4, 0.5) is 10.5 Å². The Kier molecular flexibility index (Phi) is 5.01. The summed E-state index contributed by atoms with van der Waals surface area (Å²) in [5.74, 6) is 0.387. The van der Waals surface area contributed by atoms with Gasteiger partial charge in [0.15, 0.2) is 0 Å². The Labute approximate surface area is 119 Å². The summed E-state index contributed by atoms with van der Waals surface area (Å²) in [6, 6.07) is 5.65. The van der Waals surface area contributed by atoms with Crippen LogP contribution in [0.25, 0.3) is 5.57 Å². The van der Waals surface area contributed by atoms with E-state index in [2.05, 4.69) is 11.9 Å². The van der Waals surface area contributed by atoms with Gasteiger partial charge in [-0.2, -0.15) is 0 Å². The van der Waals surface area contributed by atoms with Gasteiger partial charge in [-0.1, -0.05) is 12.6 Å². The molecule has 0 aliphatic carbocycles. The van der Waals surface area contributed by atoms with Crippen LogP contribution in [0.15, 0.2) is 24.8 Å². The zero-order valence-corrected chi connectivity index (χ0v) is 12.6. The Balaban J connectivity index is 2.81. The lowest BCUT2D eigenvalue weighted by Crippen LogP contribution is -2.27. The molecule has 4 heteroatoms. The molecule has 1 aromatic carbocycles. The van der Waals surface area contributed by atoms with Crippen LogP contribution in [0.1, 0.15) is 31.9 Å². The molecule has 0 aliphatic heterocycles. The van der Waals surface area contributed by atoms with Crippen molar-refractivity contribution in [1.82, 2.24) is 0 Å². The quantitative estimate of drug-likeness (QED) is 0.823. The van der Waals surface area contributed by atoms with E-state index in [9.17, 15) is 4.79 Å². The second-order valence-electron chi connectivity index (χ2n) is 5.39. The summed E-state index contributed by atoms with van der Waals surface area (Å²) in [6.07, 6.45) is -0.459. The van der Waals surface area contributed by atoms with E-state index in [1.165, 1.54) is 0 Å². The van der Waals surface area contributed by atoms with Gasteiger partial charge in [0.2, 0.25) is 0 Å². The van der Waals surface area contributed by atoms with E-state index in [1.807, 2.05) is 45.9 Å². The van der Waals surface area contributed by atoms with Gasteiger partial charge in [-0.25, -0.2) is 4.79 Å². The first-order chi connectivity index (χ1) is 8.73. The van der Waals surface area contributed by atoms with Crippen LogP contribution in [0.3, 0.4) is 0 Å². The second kappa shape index (κ2) is 6.11. The second-order valence-corrected chi connectivity index (χ2v) is 5.66. The molecule has 1 amide bonds. The van der Waals surface area contributed by atoms with Gasteiger partial charge in [0, 0.05) is 11.6 Å². The largest absolute Gasteiger partial charge is 0.444 e. The van der Waals surface area contributed by atoms with Crippen LogP contribution in [-0.4, -0.2) is 17.6 Å². The summed E-state index contributed by atoms with van der Waals surface area (Å²) >= 11 is 5.75. The molecule has 1 N–H and O–H groups in total. The van der Waals surface area contributed by atoms with Crippen molar-refractivity contribution in [3.8, 4) is 0 Å². The Hall–Kier alpha value is -1.48. The molecule has 0 saturated carbocycles. The maximum Gasteiger partial charge on any atom is 0.412 e. The number of hydrogen-bond acceptors (Lipinski definition) is 2. The molecule has 1 aromatic rings. The van der Waals surface area contributed by atoms with Gasteiger partial charge in [0.05, 0.1) is 0 Å². The van der Waals surface area contributed by atoms with Crippen LogP contribution < -0.4 is 5.32 Å². The molecule has 0 fully saturated rings. The number of benzene rings is 1. The van der Waals surface area contributed by atoms with Crippen molar-refractivity contribution in [2.45, 2.75) is 33.3 Å². The SMILES string of the molecule is C=C(CCl)c1ccc(NC(=O)OC(C)(C)C)c(C)c1. The highest BCUT2D eigenvalue weighted by molar-refractivity contribution is 6.23. The Morgan fingerprint density at radius 2 is 2.05 bits per heavy atom. The maximum atomic E-state index is 11.7.